The fourth-order valence-corrected chi connectivity index (χ4v) is 2.44. The lowest BCUT2D eigenvalue weighted by molar-refractivity contribution is -0.115. The number of ether oxygens (including phenoxy) is 1. The van der Waals surface area contributed by atoms with E-state index in [1.807, 2.05) is 17.9 Å². The zero-order valence-electron chi connectivity index (χ0n) is 14.2. The van der Waals surface area contributed by atoms with Crippen LogP contribution in [0.25, 0.3) is 0 Å². The molecule has 2 rings (SSSR count). The summed E-state index contributed by atoms with van der Waals surface area (Å²) in [5.41, 5.74) is 1.68. The second kappa shape index (κ2) is 9.03. The molecule has 0 atom stereocenters. The minimum Gasteiger partial charge on any atom is -0.462 e. The van der Waals surface area contributed by atoms with E-state index in [0.29, 0.717) is 24.4 Å². The third-order valence-electron chi connectivity index (χ3n) is 3.47. The molecule has 1 amide bonds. The molecular formula is C18H20ClN3O3. The molecule has 6 nitrogen and oxygen atoms in total. The highest BCUT2D eigenvalue weighted by molar-refractivity contribution is 6.32. The van der Waals surface area contributed by atoms with Crippen LogP contribution >= 0.6 is 11.6 Å². The van der Waals surface area contributed by atoms with E-state index in [2.05, 4.69) is 10.3 Å². The normalized spacial score (nSPS) is 10.2. The van der Waals surface area contributed by atoms with Crippen LogP contribution in [0.2, 0.25) is 5.15 Å². The molecule has 0 aliphatic heterocycles. The number of esters is 1. The highest BCUT2D eigenvalue weighted by Gasteiger charge is 2.14. The van der Waals surface area contributed by atoms with Crippen molar-refractivity contribution >= 4 is 34.9 Å². The average molecular weight is 362 g/mol. The fourth-order valence-electron chi connectivity index (χ4n) is 2.27. The first-order valence-electron chi connectivity index (χ1n) is 7.97. The molecule has 0 saturated heterocycles. The number of hydrogen-bond acceptors (Lipinski definition) is 5. The Balaban J connectivity index is 2.09. The topological polar surface area (TPSA) is 71.5 Å². The molecular weight excluding hydrogens is 342 g/mol. The largest absolute Gasteiger partial charge is 0.462 e. The van der Waals surface area contributed by atoms with E-state index in [1.54, 1.807) is 43.5 Å². The second-order valence-electron chi connectivity index (χ2n) is 5.17. The first-order chi connectivity index (χ1) is 12.0. The zero-order valence-corrected chi connectivity index (χ0v) is 14.9. The maximum Gasteiger partial charge on any atom is 0.338 e. The second-order valence-corrected chi connectivity index (χ2v) is 5.53. The molecule has 0 spiro atoms. The smallest absolute Gasteiger partial charge is 0.338 e. The molecule has 25 heavy (non-hydrogen) atoms. The number of anilines is 2. The molecule has 1 aromatic carbocycles. The van der Waals surface area contributed by atoms with Gasteiger partial charge in [0, 0.05) is 18.4 Å². The van der Waals surface area contributed by atoms with Gasteiger partial charge in [-0.15, -0.1) is 0 Å². The summed E-state index contributed by atoms with van der Waals surface area (Å²) < 4.78 is 5.01. The first-order valence-corrected chi connectivity index (χ1v) is 8.35. The number of nitrogens with zero attached hydrogens (tertiary/aromatic N) is 2. The van der Waals surface area contributed by atoms with Crippen molar-refractivity contribution < 1.29 is 14.3 Å². The van der Waals surface area contributed by atoms with Crippen molar-refractivity contribution in [3.8, 4) is 0 Å². The Morgan fingerprint density at radius 3 is 2.72 bits per heavy atom. The van der Waals surface area contributed by atoms with Gasteiger partial charge in [-0.25, -0.2) is 9.78 Å². The molecule has 2 aromatic rings. The van der Waals surface area contributed by atoms with Crippen molar-refractivity contribution in [2.75, 3.05) is 29.9 Å². The van der Waals surface area contributed by atoms with Gasteiger partial charge in [-0.2, -0.15) is 0 Å². The van der Waals surface area contributed by atoms with Crippen LogP contribution in [0, 0.1) is 0 Å². The lowest BCUT2D eigenvalue weighted by Crippen LogP contribution is -2.33. The molecule has 7 heteroatoms. The number of carbonyl (C=O) groups is 2. The van der Waals surface area contributed by atoms with Crippen molar-refractivity contribution in [1.29, 1.82) is 0 Å². The molecule has 0 aliphatic rings. The molecule has 0 radical (unpaired) electrons. The van der Waals surface area contributed by atoms with Gasteiger partial charge >= 0.3 is 5.97 Å². The number of amides is 1. The van der Waals surface area contributed by atoms with Gasteiger partial charge in [0.1, 0.15) is 0 Å². The summed E-state index contributed by atoms with van der Waals surface area (Å²) in [5, 5.41) is 2.97. The highest BCUT2D eigenvalue weighted by atomic mass is 35.5. The number of benzene rings is 1. The van der Waals surface area contributed by atoms with Crippen molar-refractivity contribution in [1.82, 2.24) is 4.98 Å². The quantitative estimate of drug-likeness (QED) is 0.604. The predicted octanol–water partition coefficient (Wildman–Crippen LogP) is 3.38. The van der Waals surface area contributed by atoms with Crippen molar-refractivity contribution in [2.45, 2.75) is 13.8 Å². The first kappa shape index (κ1) is 18.7. The van der Waals surface area contributed by atoms with E-state index in [-0.39, 0.29) is 23.6 Å². The Morgan fingerprint density at radius 1 is 1.24 bits per heavy atom. The molecule has 132 valence electrons. The van der Waals surface area contributed by atoms with E-state index in [4.69, 9.17) is 16.3 Å². The van der Waals surface area contributed by atoms with Gasteiger partial charge in [0.15, 0.2) is 5.15 Å². The number of carbonyl (C=O) groups excluding carboxylic acids is 2. The summed E-state index contributed by atoms with van der Waals surface area (Å²) in [6.07, 6.45) is 1.55. The van der Waals surface area contributed by atoms with E-state index in [9.17, 15) is 9.59 Å². The molecule has 0 aliphatic carbocycles. The minimum atomic E-state index is -0.382. The van der Waals surface area contributed by atoms with Gasteiger partial charge in [0.25, 0.3) is 0 Å². The summed E-state index contributed by atoms with van der Waals surface area (Å²) in [4.78, 5) is 29.9. The number of halogens is 1. The van der Waals surface area contributed by atoms with Gasteiger partial charge in [-0.05, 0) is 44.2 Å². The molecule has 1 heterocycles. The highest BCUT2D eigenvalue weighted by Crippen LogP contribution is 2.19. The molecule has 0 saturated carbocycles. The van der Waals surface area contributed by atoms with Crippen LogP contribution in [0.1, 0.15) is 24.2 Å². The zero-order chi connectivity index (χ0) is 18.2. The van der Waals surface area contributed by atoms with Crippen LogP contribution in [-0.4, -0.2) is 36.6 Å². The van der Waals surface area contributed by atoms with E-state index in [0.717, 1.165) is 5.69 Å². The van der Waals surface area contributed by atoms with Crippen LogP contribution in [0.4, 0.5) is 11.4 Å². The fraction of sp³-hybridized carbons (Fsp3) is 0.278. The molecule has 0 fully saturated rings. The summed E-state index contributed by atoms with van der Waals surface area (Å²) >= 11 is 5.95. The van der Waals surface area contributed by atoms with E-state index in [1.165, 1.54) is 0 Å². The van der Waals surface area contributed by atoms with Crippen LogP contribution in [0.5, 0.6) is 0 Å². The Bertz CT molecular complexity index is 752. The summed E-state index contributed by atoms with van der Waals surface area (Å²) in [7, 11) is 0. The SMILES string of the molecule is CCOC(=O)c1cccc(N(CC)CC(=O)Nc2cccnc2Cl)c1. The predicted molar refractivity (Wildman–Crippen MR) is 98.2 cm³/mol. The Hall–Kier alpha value is -2.60. The van der Waals surface area contributed by atoms with Crippen LogP contribution in [-0.2, 0) is 9.53 Å². The van der Waals surface area contributed by atoms with Gasteiger partial charge in [0.2, 0.25) is 5.91 Å². The van der Waals surface area contributed by atoms with E-state index >= 15 is 0 Å². The minimum absolute atomic E-state index is 0.119. The maximum absolute atomic E-state index is 12.3. The van der Waals surface area contributed by atoms with Crippen LogP contribution in [0.3, 0.4) is 0 Å². The van der Waals surface area contributed by atoms with Gasteiger partial charge in [0.05, 0.1) is 24.4 Å². The average Bonchev–Trinajstić information content (AvgIpc) is 2.62. The lowest BCUT2D eigenvalue weighted by atomic mass is 10.2. The number of hydrogen-bond donors (Lipinski definition) is 1. The third kappa shape index (κ3) is 5.19. The lowest BCUT2D eigenvalue weighted by Gasteiger charge is -2.23. The van der Waals surface area contributed by atoms with Crippen molar-refractivity contribution in [2.24, 2.45) is 0 Å². The standard InChI is InChI=1S/C18H20ClN3O3/c1-3-22(12-16(23)21-15-9-6-10-20-17(15)19)14-8-5-7-13(11-14)18(24)25-4-2/h5-11H,3-4,12H2,1-2H3,(H,21,23). The number of rotatable bonds is 7. The molecule has 1 N–H and O–H groups in total. The molecule has 0 unspecified atom stereocenters. The monoisotopic (exact) mass is 361 g/mol. The molecule has 0 bridgehead atoms. The van der Waals surface area contributed by atoms with Gasteiger partial charge < -0.3 is 15.0 Å². The summed E-state index contributed by atoms with van der Waals surface area (Å²) in [6, 6.07) is 10.4. The van der Waals surface area contributed by atoms with Gasteiger partial charge in [-0.1, -0.05) is 17.7 Å². The number of likely N-dealkylation sites (N-methyl/N-ethyl adjacent to an activating group) is 1. The maximum atomic E-state index is 12.3. The Labute approximate surface area is 151 Å². The van der Waals surface area contributed by atoms with E-state index < -0.39 is 0 Å². The summed E-state index contributed by atoms with van der Waals surface area (Å²) in [6.45, 7) is 4.72. The number of pyridine rings is 1. The van der Waals surface area contributed by atoms with Gasteiger partial charge in [-0.3, -0.25) is 4.79 Å². The van der Waals surface area contributed by atoms with Crippen molar-refractivity contribution in [3.05, 3.63) is 53.3 Å². The Morgan fingerprint density at radius 2 is 2.04 bits per heavy atom. The van der Waals surface area contributed by atoms with Crippen molar-refractivity contribution in [3.63, 3.8) is 0 Å². The third-order valence-corrected chi connectivity index (χ3v) is 3.77. The Kier molecular flexibility index (Phi) is 6.77. The molecule has 1 aromatic heterocycles. The number of aromatic nitrogens is 1. The van der Waals surface area contributed by atoms with Crippen LogP contribution in [0.15, 0.2) is 42.6 Å². The number of nitrogens with one attached hydrogen (secondary N) is 1. The summed E-state index contributed by atoms with van der Waals surface area (Å²) in [5.74, 6) is -0.606. The van der Waals surface area contributed by atoms with Crippen LogP contribution < -0.4 is 10.2 Å².